The Hall–Kier alpha value is -2.75. The van der Waals surface area contributed by atoms with Gasteiger partial charge >= 0.3 is 5.69 Å². The summed E-state index contributed by atoms with van der Waals surface area (Å²) in [7, 11) is 0. The number of ether oxygens (including phenoxy) is 1. The molecule has 0 saturated carbocycles. The Morgan fingerprint density at radius 2 is 1.97 bits per heavy atom. The van der Waals surface area contributed by atoms with Crippen molar-refractivity contribution in [3.63, 3.8) is 0 Å². The van der Waals surface area contributed by atoms with Crippen LogP contribution < -0.4 is 4.74 Å². The largest absolute Gasteiger partial charge is 0.500 e. The van der Waals surface area contributed by atoms with Crippen LogP contribution in [0, 0.1) is 10.1 Å². The molecule has 2 aromatic carbocycles. The topological polar surface area (TPSA) is 110 Å². The molecule has 11 heteroatoms. The van der Waals surface area contributed by atoms with Crippen LogP contribution in [0.3, 0.4) is 0 Å². The molecule has 1 aliphatic rings. The number of carbonyl (C=O) groups excluding carboxylic acids is 2. The first-order chi connectivity index (χ1) is 14.2. The molecular formula is C19H14Cl2N2O6S. The van der Waals surface area contributed by atoms with Gasteiger partial charge < -0.3 is 9.84 Å². The molecule has 2 amide bonds. The number of carbonyl (C=O) groups is 2. The van der Waals surface area contributed by atoms with Gasteiger partial charge in [-0.3, -0.25) is 24.6 Å². The summed E-state index contributed by atoms with van der Waals surface area (Å²) in [5, 5.41) is 21.3. The zero-order valence-corrected chi connectivity index (χ0v) is 17.8. The molecule has 1 aliphatic heterocycles. The summed E-state index contributed by atoms with van der Waals surface area (Å²) in [5.74, 6) is -1.25. The second kappa shape index (κ2) is 8.95. The second-order valence-electron chi connectivity index (χ2n) is 6.09. The van der Waals surface area contributed by atoms with Gasteiger partial charge in [0.1, 0.15) is 0 Å². The van der Waals surface area contributed by atoms with Crippen molar-refractivity contribution in [3.8, 4) is 11.5 Å². The number of aromatic hydroxyl groups is 1. The molecule has 1 heterocycles. The maximum atomic E-state index is 12.7. The van der Waals surface area contributed by atoms with E-state index in [1.807, 2.05) is 0 Å². The van der Waals surface area contributed by atoms with E-state index in [2.05, 4.69) is 0 Å². The van der Waals surface area contributed by atoms with Crippen LogP contribution in [0.2, 0.25) is 10.0 Å². The SMILES string of the molecule is CCOc1cc(C=C2SC(=O)N(Cc3ccc(Cl)c(Cl)c3)C2=O)cc([N+](=O)[O-])c1O. The number of nitro benzene ring substituents is 1. The Kier molecular flexibility index (Phi) is 6.55. The highest BCUT2D eigenvalue weighted by atomic mass is 35.5. The number of benzene rings is 2. The number of halogens is 2. The number of nitro groups is 1. The lowest BCUT2D eigenvalue weighted by atomic mass is 10.1. The van der Waals surface area contributed by atoms with Crippen molar-refractivity contribution in [2.45, 2.75) is 13.5 Å². The van der Waals surface area contributed by atoms with E-state index in [1.165, 1.54) is 12.1 Å². The van der Waals surface area contributed by atoms with E-state index in [1.54, 1.807) is 25.1 Å². The normalized spacial score (nSPS) is 15.2. The first-order valence-corrected chi connectivity index (χ1v) is 10.1. The van der Waals surface area contributed by atoms with Crippen LogP contribution in [0.25, 0.3) is 6.08 Å². The number of phenols is 1. The van der Waals surface area contributed by atoms with Gasteiger partial charge in [0.2, 0.25) is 5.75 Å². The Labute approximate surface area is 185 Å². The Balaban J connectivity index is 1.91. The van der Waals surface area contributed by atoms with Crippen molar-refractivity contribution >= 4 is 57.9 Å². The third kappa shape index (κ3) is 4.53. The number of amides is 2. The molecule has 30 heavy (non-hydrogen) atoms. The van der Waals surface area contributed by atoms with Gasteiger partial charge in [0.25, 0.3) is 11.1 Å². The molecule has 0 aliphatic carbocycles. The predicted molar refractivity (Wildman–Crippen MR) is 114 cm³/mol. The van der Waals surface area contributed by atoms with E-state index >= 15 is 0 Å². The molecule has 3 rings (SSSR count). The van der Waals surface area contributed by atoms with Gasteiger partial charge in [-0.2, -0.15) is 0 Å². The average Bonchev–Trinajstić information content (AvgIpc) is 2.94. The number of hydrogen-bond acceptors (Lipinski definition) is 7. The summed E-state index contributed by atoms with van der Waals surface area (Å²) in [4.78, 5) is 36.6. The number of nitrogens with zero attached hydrogens (tertiary/aromatic N) is 2. The molecule has 1 saturated heterocycles. The number of phenolic OH excluding ortho intramolecular Hbond substituents is 1. The number of imide groups is 1. The van der Waals surface area contributed by atoms with Crippen molar-refractivity contribution in [1.29, 1.82) is 0 Å². The van der Waals surface area contributed by atoms with Crippen molar-refractivity contribution in [2.75, 3.05) is 6.61 Å². The Morgan fingerprint density at radius 3 is 2.60 bits per heavy atom. The number of hydrogen-bond donors (Lipinski definition) is 1. The van der Waals surface area contributed by atoms with Crippen molar-refractivity contribution < 1.29 is 24.4 Å². The third-order valence-corrected chi connectivity index (χ3v) is 5.72. The Bertz CT molecular complexity index is 1090. The van der Waals surface area contributed by atoms with E-state index in [-0.39, 0.29) is 29.4 Å². The van der Waals surface area contributed by atoms with Gasteiger partial charge in [-0.05, 0) is 54.1 Å². The quantitative estimate of drug-likeness (QED) is 0.350. The molecule has 156 valence electrons. The average molecular weight is 469 g/mol. The molecule has 1 fully saturated rings. The minimum Gasteiger partial charge on any atom is -0.500 e. The number of thioether (sulfide) groups is 1. The zero-order valence-electron chi connectivity index (χ0n) is 15.4. The van der Waals surface area contributed by atoms with Gasteiger partial charge in [-0.15, -0.1) is 0 Å². The summed E-state index contributed by atoms with van der Waals surface area (Å²) in [6.45, 7) is 1.83. The lowest BCUT2D eigenvalue weighted by Crippen LogP contribution is -2.27. The van der Waals surface area contributed by atoms with Gasteiger partial charge in [0.05, 0.1) is 33.0 Å². The zero-order chi connectivity index (χ0) is 22.0. The molecule has 0 radical (unpaired) electrons. The van der Waals surface area contributed by atoms with Crippen LogP contribution in [-0.2, 0) is 11.3 Å². The van der Waals surface area contributed by atoms with Crippen molar-refractivity contribution in [3.05, 3.63) is 66.5 Å². The molecule has 0 bridgehead atoms. The van der Waals surface area contributed by atoms with Crippen molar-refractivity contribution in [1.82, 2.24) is 4.90 Å². The molecule has 0 unspecified atom stereocenters. The first kappa shape index (κ1) is 21.9. The van der Waals surface area contributed by atoms with Gasteiger partial charge in [0.15, 0.2) is 5.75 Å². The fraction of sp³-hybridized carbons (Fsp3) is 0.158. The van der Waals surface area contributed by atoms with Crippen LogP contribution in [0.4, 0.5) is 10.5 Å². The maximum absolute atomic E-state index is 12.7. The summed E-state index contributed by atoms with van der Waals surface area (Å²) >= 11 is 12.6. The summed E-state index contributed by atoms with van der Waals surface area (Å²) in [5.41, 5.74) is 0.289. The lowest BCUT2D eigenvalue weighted by molar-refractivity contribution is -0.386. The van der Waals surface area contributed by atoms with E-state index in [9.17, 15) is 24.8 Å². The highest BCUT2D eigenvalue weighted by molar-refractivity contribution is 8.18. The highest BCUT2D eigenvalue weighted by Crippen LogP contribution is 2.40. The molecule has 1 N–H and O–H groups in total. The van der Waals surface area contributed by atoms with E-state index in [4.69, 9.17) is 27.9 Å². The van der Waals surface area contributed by atoms with Gasteiger partial charge in [0, 0.05) is 6.07 Å². The smallest absolute Gasteiger partial charge is 0.315 e. The first-order valence-electron chi connectivity index (χ1n) is 8.54. The van der Waals surface area contributed by atoms with Crippen LogP contribution in [0.1, 0.15) is 18.1 Å². The molecule has 8 nitrogen and oxygen atoms in total. The second-order valence-corrected chi connectivity index (χ2v) is 7.90. The monoisotopic (exact) mass is 468 g/mol. The lowest BCUT2D eigenvalue weighted by Gasteiger charge is -2.13. The van der Waals surface area contributed by atoms with E-state index in [0.717, 1.165) is 11.0 Å². The van der Waals surface area contributed by atoms with Crippen molar-refractivity contribution in [2.24, 2.45) is 0 Å². The molecule has 0 aromatic heterocycles. The molecular weight excluding hydrogens is 455 g/mol. The predicted octanol–water partition coefficient (Wildman–Crippen LogP) is 5.24. The molecule has 0 atom stereocenters. The third-order valence-electron chi connectivity index (χ3n) is 4.07. The maximum Gasteiger partial charge on any atom is 0.315 e. The Morgan fingerprint density at radius 1 is 1.23 bits per heavy atom. The number of rotatable bonds is 6. The van der Waals surface area contributed by atoms with Crippen LogP contribution >= 0.6 is 35.0 Å². The fourth-order valence-corrected chi connectivity index (χ4v) is 3.87. The van der Waals surface area contributed by atoms with Crippen LogP contribution in [0.15, 0.2) is 35.2 Å². The standard InChI is InChI=1S/C19H14Cl2N2O6S/c1-2-29-15-7-11(6-14(17(15)24)23(27)28)8-16-18(25)22(19(26)30-16)9-10-3-4-12(20)13(21)5-10/h3-8,24H,2,9H2,1H3. The van der Waals surface area contributed by atoms with Crippen LogP contribution in [-0.4, -0.2) is 32.7 Å². The highest BCUT2D eigenvalue weighted by Gasteiger charge is 2.35. The fourth-order valence-electron chi connectivity index (χ4n) is 2.71. The summed E-state index contributed by atoms with van der Waals surface area (Å²) < 4.78 is 5.23. The molecule has 0 spiro atoms. The molecule has 2 aromatic rings. The minimum atomic E-state index is -0.759. The summed E-state index contributed by atoms with van der Waals surface area (Å²) in [6.07, 6.45) is 1.34. The van der Waals surface area contributed by atoms with Crippen LogP contribution in [0.5, 0.6) is 11.5 Å². The van der Waals surface area contributed by atoms with E-state index < -0.39 is 27.5 Å². The van der Waals surface area contributed by atoms with Gasteiger partial charge in [-0.1, -0.05) is 29.3 Å². The minimum absolute atomic E-state index is 0.00117. The van der Waals surface area contributed by atoms with Gasteiger partial charge in [-0.25, -0.2) is 0 Å². The summed E-state index contributed by atoms with van der Waals surface area (Å²) in [6, 6.07) is 7.25. The van der Waals surface area contributed by atoms with E-state index in [0.29, 0.717) is 27.4 Å².